The Hall–Kier alpha value is -0.770. The monoisotopic (exact) mass is 255 g/mol. The van der Waals surface area contributed by atoms with Crippen molar-refractivity contribution in [3.63, 3.8) is 0 Å². The second kappa shape index (κ2) is 5.91. The summed E-state index contributed by atoms with van der Waals surface area (Å²) in [5, 5.41) is 8.92. The van der Waals surface area contributed by atoms with Gasteiger partial charge in [0.1, 0.15) is 0 Å². The van der Waals surface area contributed by atoms with E-state index in [9.17, 15) is 4.79 Å². The van der Waals surface area contributed by atoms with Crippen LogP contribution in [-0.2, 0) is 4.74 Å². The fraction of sp³-hybridized carbons (Fsp3) is 0.929. The first-order chi connectivity index (χ1) is 8.61. The van der Waals surface area contributed by atoms with Crippen molar-refractivity contribution in [2.75, 3.05) is 19.7 Å². The summed E-state index contributed by atoms with van der Waals surface area (Å²) in [5.74, 6) is 2.30. The van der Waals surface area contributed by atoms with Gasteiger partial charge in [0.15, 0.2) is 0 Å². The van der Waals surface area contributed by atoms with Gasteiger partial charge >= 0.3 is 6.09 Å². The Morgan fingerprint density at radius 3 is 2.61 bits per heavy atom. The Labute approximate surface area is 109 Å². The first-order valence-electron chi connectivity index (χ1n) is 7.18. The summed E-state index contributed by atoms with van der Waals surface area (Å²) in [7, 11) is 0. The van der Waals surface area contributed by atoms with Crippen molar-refractivity contribution in [2.45, 2.75) is 45.6 Å². The van der Waals surface area contributed by atoms with E-state index in [2.05, 4.69) is 0 Å². The van der Waals surface area contributed by atoms with Gasteiger partial charge in [-0.3, -0.25) is 0 Å². The van der Waals surface area contributed by atoms with Gasteiger partial charge < -0.3 is 14.7 Å². The van der Waals surface area contributed by atoms with E-state index < -0.39 is 0 Å². The van der Waals surface area contributed by atoms with Crippen molar-refractivity contribution in [2.24, 2.45) is 17.8 Å². The van der Waals surface area contributed by atoms with Crippen molar-refractivity contribution in [3.05, 3.63) is 0 Å². The minimum Gasteiger partial charge on any atom is -0.447 e. The molecule has 2 fully saturated rings. The average molecular weight is 255 g/mol. The van der Waals surface area contributed by atoms with E-state index in [1.807, 2.05) is 18.7 Å². The zero-order valence-electron chi connectivity index (χ0n) is 11.5. The number of aliphatic hydroxyl groups excluding tert-OH is 1. The fourth-order valence-electron chi connectivity index (χ4n) is 3.13. The molecular weight excluding hydrogens is 230 g/mol. The molecule has 2 atom stereocenters. The number of carbonyl (C=O) groups is 1. The van der Waals surface area contributed by atoms with E-state index in [1.165, 1.54) is 6.42 Å². The number of hydrogen-bond acceptors (Lipinski definition) is 3. The minimum absolute atomic E-state index is 0.0346. The quantitative estimate of drug-likeness (QED) is 0.838. The Balaban J connectivity index is 1.70. The Morgan fingerprint density at radius 2 is 2.06 bits per heavy atom. The van der Waals surface area contributed by atoms with Crippen molar-refractivity contribution in [1.82, 2.24) is 4.90 Å². The third-order valence-electron chi connectivity index (χ3n) is 4.22. The molecule has 0 aromatic heterocycles. The zero-order valence-corrected chi connectivity index (χ0v) is 11.5. The van der Waals surface area contributed by atoms with Gasteiger partial charge in [-0.15, -0.1) is 0 Å². The molecule has 0 aromatic carbocycles. The van der Waals surface area contributed by atoms with Crippen LogP contribution < -0.4 is 0 Å². The molecule has 0 aromatic rings. The van der Waals surface area contributed by atoms with Crippen LogP contribution in [-0.4, -0.2) is 41.9 Å². The first-order valence-corrected chi connectivity index (χ1v) is 7.18. The van der Waals surface area contributed by atoms with Crippen molar-refractivity contribution < 1.29 is 14.6 Å². The third-order valence-corrected chi connectivity index (χ3v) is 4.22. The predicted molar refractivity (Wildman–Crippen MR) is 69.2 cm³/mol. The van der Waals surface area contributed by atoms with Crippen LogP contribution in [0.15, 0.2) is 0 Å². The lowest BCUT2D eigenvalue weighted by Gasteiger charge is -2.32. The van der Waals surface area contributed by atoms with E-state index in [4.69, 9.17) is 9.84 Å². The summed E-state index contributed by atoms with van der Waals surface area (Å²) in [4.78, 5) is 13.6. The Kier molecular flexibility index (Phi) is 4.49. The number of rotatable bonds is 4. The highest BCUT2D eigenvalue weighted by molar-refractivity contribution is 5.67. The number of likely N-dealkylation sites (tertiary alicyclic amines) is 1. The number of nitrogens with zero attached hydrogens (tertiary/aromatic N) is 1. The first kappa shape index (κ1) is 13.7. The summed E-state index contributed by atoms with van der Waals surface area (Å²) < 4.78 is 5.21. The molecule has 1 N–H and O–H groups in total. The molecule has 1 aliphatic carbocycles. The maximum Gasteiger partial charge on any atom is 0.410 e. The molecule has 0 unspecified atom stereocenters. The fourth-order valence-corrected chi connectivity index (χ4v) is 3.13. The standard InChI is InChI=1S/C14H25NO3/c1-10(2)18-14(17)15-6-3-11(4-7-15)13-9-12(13)5-8-16/h10-13,16H,3-9H2,1-2H3/t12-,13-/m1/s1. The molecule has 4 heteroatoms. The molecule has 1 saturated heterocycles. The Morgan fingerprint density at radius 1 is 1.39 bits per heavy atom. The van der Waals surface area contributed by atoms with E-state index in [-0.39, 0.29) is 12.2 Å². The summed E-state index contributed by atoms with van der Waals surface area (Å²) in [5.41, 5.74) is 0. The molecule has 2 rings (SSSR count). The summed E-state index contributed by atoms with van der Waals surface area (Å²) >= 11 is 0. The second-order valence-electron chi connectivity index (χ2n) is 5.93. The maximum absolute atomic E-state index is 11.7. The topological polar surface area (TPSA) is 49.8 Å². The summed E-state index contributed by atoms with van der Waals surface area (Å²) in [6.07, 6.45) is 4.24. The summed E-state index contributed by atoms with van der Waals surface area (Å²) in [6, 6.07) is 0. The molecule has 2 aliphatic rings. The number of aliphatic hydroxyl groups is 1. The molecule has 104 valence electrons. The maximum atomic E-state index is 11.7. The van der Waals surface area contributed by atoms with E-state index in [1.54, 1.807) is 0 Å². The van der Waals surface area contributed by atoms with Crippen molar-refractivity contribution in [3.8, 4) is 0 Å². The van der Waals surface area contributed by atoms with Crippen LogP contribution in [0.1, 0.15) is 39.5 Å². The lowest BCUT2D eigenvalue weighted by Crippen LogP contribution is -2.40. The average Bonchev–Trinajstić information content (AvgIpc) is 3.08. The molecule has 1 saturated carbocycles. The molecule has 18 heavy (non-hydrogen) atoms. The number of hydrogen-bond donors (Lipinski definition) is 1. The van der Waals surface area contributed by atoms with Gasteiger partial charge in [0.2, 0.25) is 0 Å². The molecule has 0 radical (unpaired) electrons. The van der Waals surface area contributed by atoms with Gasteiger partial charge in [-0.1, -0.05) is 0 Å². The zero-order chi connectivity index (χ0) is 13.1. The van der Waals surface area contributed by atoms with Crippen LogP contribution in [0, 0.1) is 17.8 Å². The van der Waals surface area contributed by atoms with Crippen LogP contribution in [0.25, 0.3) is 0 Å². The Bertz CT molecular complexity index is 285. The van der Waals surface area contributed by atoms with Crippen LogP contribution in [0.3, 0.4) is 0 Å². The highest BCUT2D eigenvalue weighted by Gasteiger charge is 2.43. The lowest BCUT2D eigenvalue weighted by molar-refractivity contribution is 0.0633. The van der Waals surface area contributed by atoms with Crippen molar-refractivity contribution in [1.29, 1.82) is 0 Å². The van der Waals surface area contributed by atoms with E-state index >= 15 is 0 Å². The number of ether oxygens (including phenoxy) is 1. The van der Waals surface area contributed by atoms with Gasteiger partial charge in [-0.2, -0.15) is 0 Å². The van der Waals surface area contributed by atoms with E-state index in [0.29, 0.717) is 6.61 Å². The minimum atomic E-state index is -0.161. The lowest BCUT2D eigenvalue weighted by atomic mass is 9.91. The van der Waals surface area contributed by atoms with Crippen LogP contribution in [0.5, 0.6) is 0 Å². The largest absolute Gasteiger partial charge is 0.447 e. The number of carbonyl (C=O) groups excluding carboxylic acids is 1. The summed E-state index contributed by atoms with van der Waals surface area (Å²) in [6.45, 7) is 5.75. The van der Waals surface area contributed by atoms with Gasteiger partial charge in [-0.25, -0.2) is 4.79 Å². The van der Waals surface area contributed by atoms with Crippen LogP contribution in [0.4, 0.5) is 4.79 Å². The molecule has 1 aliphatic heterocycles. The molecule has 4 nitrogen and oxygen atoms in total. The van der Waals surface area contributed by atoms with Gasteiger partial charge in [0.05, 0.1) is 6.10 Å². The van der Waals surface area contributed by atoms with Gasteiger partial charge in [-0.05, 0) is 57.3 Å². The molecule has 0 bridgehead atoms. The third kappa shape index (κ3) is 3.37. The van der Waals surface area contributed by atoms with Gasteiger partial charge in [0.25, 0.3) is 0 Å². The highest BCUT2D eigenvalue weighted by atomic mass is 16.6. The van der Waals surface area contributed by atoms with Crippen LogP contribution >= 0.6 is 0 Å². The highest BCUT2D eigenvalue weighted by Crippen LogP contribution is 2.49. The number of piperidine rings is 1. The van der Waals surface area contributed by atoms with Crippen LogP contribution in [0.2, 0.25) is 0 Å². The van der Waals surface area contributed by atoms with Crippen molar-refractivity contribution >= 4 is 6.09 Å². The van der Waals surface area contributed by atoms with Gasteiger partial charge in [0, 0.05) is 19.7 Å². The normalized spacial score (nSPS) is 28.6. The molecule has 0 spiro atoms. The predicted octanol–water partition coefficient (Wildman–Crippen LogP) is 2.26. The smallest absolute Gasteiger partial charge is 0.410 e. The molecule has 1 amide bonds. The SMILES string of the molecule is CC(C)OC(=O)N1CCC([C@H]2C[C@H]2CCO)CC1. The molecular formula is C14H25NO3. The molecule has 1 heterocycles. The van der Waals surface area contributed by atoms with E-state index in [0.717, 1.165) is 50.1 Å². The second-order valence-corrected chi connectivity index (χ2v) is 5.93. The number of amides is 1.